The highest BCUT2D eigenvalue weighted by molar-refractivity contribution is 6.36. The van der Waals surface area contributed by atoms with E-state index < -0.39 is 5.97 Å². The zero-order valence-electron chi connectivity index (χ0n) is 9.11. The maximum absolute atomic E-state index is 11.5. The van der Waals surface area contributed by atoms with Crippen LogP contribution >= 0.6 is 0 Å². The molecule has 17 heavy (non-hydrogen) atoms. The molecule has 1 amide bonds. The molecule has 0 radical (unpaired) electrons. The fraction of sp³-hybridized carbons (Fsp3) is 0.400. The summed E-state index contributed by atoms with van der Waals surface area (Å²) in [6.07, 6.45) is 5.46. The molecule has 0 saturated heterocycles. The Bertz CT molecular complexity index is 452. The average Bonchev–Trinajstić information content (AvgIpc) is 2.80. The molecule has 0 aliphatic carbocycles. The van der Waals surface area contributed by atoms with E-state index in [4.69, 9.17) is 5.11 Å². The van der Waals surface area contributed by atoms with Gasteiger partial charge in [-0.05, 0) is 0 Å². The van der Waals surface area contributed by atoms with Crippen LogP contribution in [0.25, 0.3) is 0 Å². The van der Waals surface area contributed by atoms with Gasteiger partial charge in [-0.2, -0.15) is 5.10 Å². The summed E-state index contributed by atoms with van der Waals surface area (Å²) in [5.41, 5.74) is 0.0373. The van der Waals surface area contributed by atoms with Crippen LogP contribution in [-0.2, 0) is 16.1 Å². The molecule has 0 saturated carbocycles. The number of carboxylic acids is 1. The molecule has 0 fully saturated rings. The Morgan fingerprint density at radius 2 is 2.24 bits per heavy atom. The zero-order valence-corrected chi connectivity index (χ0v) is 9.11. The number of hydrazone groups is 1. The van der Waals surface area contributed by atoms with E-state index in [1.807, 2.05) is 0 Å². The lowest BCUT2D eigenvalue weighted by Crippen LogP contribution is -2.36. The highest BCUT2D eigenvalue weighted by Gasteiger charge is 2.23. The first kappa shape index (κ1) is 11.3. The van der Waals surface area contributed by atoms with Crippen molar-refractivity contribution in [1.82, 2.24) is 14.6 Å². The molecule has 0 unspecified atom stereocenters. The first-order chi connectivity index (χ1) is 8.16. The summed E-state index contributed by atoms with van der Waals surface area (Å²) in [5.74, 6) is -1.21. The quantitative estimate of drug-likeness (QED) is 0.793. The molecule has 0 atom stereocenters. The number of amides is 1. The summed E-state index contributed by atoms with van der Waals surface area (Å²) < 4.78 is 1.80. The molecule has 1 N–H and O–H groups in total. The third-order valence-electron chi connectivity index (χ3n) is 2.48. The first-order valence-electron chi connectivity index (χ1n) is 5.23. The number of aromatic nitrogens is 2. The van der Waals surface area contributed by atoms with Gasteiger partial charge in [-0.15, -0.1) is 0 Å². The largest absolute Gasteiger partial charge is 0.477 e. The molecule has 2 rings (SSSR count). The standard InChI is InChI=1S/C10H12N4O3/c15-9-2-1-8(10(16)17)12-14(9)6-5-13-4-3-11-7-13/h3-4,7H,1-2,5-6H2,(H,16,17). The molecule has 0 bridgehead atoms. The van der Waals surface area contributed by atoms with Gasteiger partial charge in [0.1, 0.15) is 5.71 Å². The van der Waals surface area contributed by atoms with Gasteiger partial charge in [-0.3, -0.25) is 4.79 Å². The molecule has 2 heterocycles. The van der Waals surface area contributed by atoms with Gasteiger partial charge in [0.05, 0.1) is 12.9 Å². The van der Waals surface area contributed by atoms with Gasteiger partial charge in [0, 0.05) is 31.8 Å². The fourth-order valence-corrected chi connectivity index (χ4v) is 1.56. The molecule has 1 aromatic rings. The fourth-order valence-electron chi connectivity index (χ4n) is 1.56. The molecule has 7 nitrogen and oxygen atoms in total. The maximum Gasteiger partial charge on any atom is 0.352 e. The molecule has 1 aromatic heterocycles. The van der Waals surface area contributed by atoms with Crippen molar-refractivity contribution in [1.29, 1.82) is 0 Å². The summed E-state index contributed by atoms with van der Waals surface area (Å²) in [7, 11) is 0. The van der Waals surface area contributed by atoms with Gasteiger partial charge in [0.15, 0.2) is 0 Å². The minimum Gasteiger partial charge on any atom is -0.477 e. The number of carboxylic acid groups (broad SMARTS) is 1. The van der Waals surface area contributed by atoms with E-state index in [1.165, 1.54) is 5.01 Å². The van der Waals surface area contributed by atoms with Crippen molar-refractivity contribution < 1.29 is 14.7 Å². The minimum absolute atomic E-state index is 0.0373. The van der Waals surface area contributed by atoms with Crippen LogP contribution in [-0.4, -0.2) is 43.8 Å². The molecule has 7 heteroatoms. The number of imidazole rings is 1. The van der Waals surface area contributed by atoms with Crippen molar-refractivity contribution in [2.45, 2.75) is 19.4 Å². The van der Waals surface area contributed by atoms with Gasteiger partial charge in [0.2, 0.25) is 5.91 Å². The number of hydrogen-bond donors (Lipinski definition) is 1. The third-order valence-corrected chi connectivity index (χ3v) is 2.48. The Kier molecular flexibility index (Phi) is 3.17. The van der Waals surface area contributed by atoms with Gasteiger partial charge in [0.25, 0.3) is 0 Å². The lowest BCUT2D eigenvalue weighted by molar-refractivity contribution is -0.133. The second-order valence-corrected chi connectivity index (χ2v) is 3.67. The summed E-state index contributed by atoms with van der Waals surface area (Å²) >= 11 is 0. The zero-order chi connectivity index (χ0) is 12.3. The summed E-state index contributed by atoms with van der Waals surface area (Å²) in [4.78, 5) is 26.2. The Hall–Kier alpha value is -2.18. The second kappa shape index (κ2) is 4.77. The Labute approximate surface area is 97.4 Å². The normalized spacial score (nSPS) is 15.9. The lowest BCUT2D eigenvalue weighted by atomic mass is 10.2. The van der Waals surface area contributed by atoms with Crippen molar-refractivity contribution in [3.8, 4) is 0 Å². The number of rotatable bonds is 4. The van der Waals surface area contributed by atoms with Gasteiger partial charge in [-0.25, -0.2) is 14.8 Å². The summed E-state index contributed by atoms with van der Waals surface area (Å²) in [6.45, 7) is 0.897. The van der Waals surface area contributed by atoms with E-state index in [2.05, 4.69) is 10.1 Å². The van der Waals surface area contributed by atoms with E-state index in [1.54, 1.807) is 23.3 Å². The van der Waals surface area contributed by atoms with Crippen molar-refractivity contribution in [2.75, 3.05) is 6.54 Å². The SMILES string of the molecule is O=C(O)C1=NN(CCn2ccnc2)C(=O)CC1. The highest BCUT2D eigenvalue weighted by Crippen LogP contribution is 2.09. The first-order valence-corrected chi connectivity index (χ1v) is 5.23. The number of hydrogen-bond acceptors (Lipinski definition) is 4. The van der Waals surface area contributed by atoms with E-state index in [-0.39, 0.29) is 24.5 Å². The minimum atomic E-state index is -1.06. The van der Waals surface area contributed by atoms with Crippen LogP contribution in [0.3, 0.4) is 0 Å². The van der Waals surface area contributed by atoms with Crippen LogP contribution in [0.15, 0.2) is 23.8 Å². The molecule has 0 spiro atoms. The van der Waals surface area contributed by atoms with Crippen LogP contribution in [0.5, 0.6) is 0 Å². The summed E-state index contributed by atoms with van der Waals surface area (Å²) in [6, 6.07) is 0. The van der Waals surface area contributed by atoms with Crippen molar-refractivity contribution in [3.63, 3.8) is 0 Å². The number of carbonyl (C=O) groups excluding carboxylic acids is 1. The Morgan fingerprint density at radius 3 is 2.88 bits per heavy atom. The second-order valence-electron chi connectivity index (χ2n) is 3.67. The number of nitrogens with zero attached hydrogens (tertiary/aromatic N) is 4. The molecule has 90 valence electrons. The number of carbonyl (C=O) groups is 2. The summed E-state index contributed by atoms with van der Waals surface area (Å²) in [5, 5.41) is 13.9. The number of aliphatic carboxylic acids is 1. The molecular weight excluding hydrogens is 224 g/mol. The van der Waals surface area contributed by atoms with Gasteiger partial charge < -0.3 is 9.67 Å². The molecular formula is C10H12N4O3. The van der Waals surface area contributed by atoms with Crippen molar-refractivity contribution in [3.05, 3.63) is 18.7 Å². The third kappa shape index (κ3) is 2.68. The Balaban J connectivity index is 2.00. The predicted molar refractivity (Wildman–Crippen MR) is 58.2 cm³/mol. The van der Waals surface area contributed by atoms with Crippen LogP contribution < -0.4 is 0 Å². The van der Waals surface area contributed by atoms with Crippen LogP contribution in [0, 0.1) is 0 Å². The van der Waals surface area contributed by atoms with Gasteiger partial charge in [-0.1, -0.05) is 0 Å². The van der Waals surface area contributed by atoms with Crippen LogP contribution in [0.4, 0.5) is 0 Å². The predicted octanol–water partition coefficient (Wildman–Crippen LogP) is -0.0539. The van der Waals surface area contributed by atoms with Crippen LogP contribution in [0.1, 0.15) is 12.8 Å². The lowest BCUT2D eigenvalue weighted by Gasteiger charge is -2.22. The van der Waals surface area contributed by atoms with Crippen molar-refractivity contribution >= 4 is 17.6 Å². The maximum atomic E-state index is 11.5. The van der Waals surface area contributed by atoms with E-state index >= 15 is 0 Å². The monoisotopic (exact) mass is 236 g/mol. The van der Waals surface area contributed by atoms with E-state index in [9.17, 15) is 9.59 Å². The smallest absolute Gasteiger partial charge is 0.352 e. The Morgan fingerprint density at radius 1 is 1.41 bits per heavy atom. The highest BCUT2D eigenvalue weighted by atomic mass is 16.4. The topological polar surface area (TPSA) is 87.8 Å². The molecule has 1 aliphatic rings. The van der Waals surface area contributed by atoms with Crippen LogP contribution in [0.2, 0.25) is 0 Å². The van der Waals surface area contributed by atoms with E-state index in [0.717, 1.165) is 0 Å². The molecule has 0 aromatic carbocycles. The molecule has 1 aliphatic heterocycles. The van der Waals surface area contributed by atoms with E-state index in [0.29, 0.717) is 13.1 Å². The van der Waals surface area contributed by atoms with Crippen molar-refractivity contribution in [2.24, 2.45) is 5.10 Å². The average molecular weight is 236 g/mol. The van der Waals surface area contributed by atoms with Gasteiger partial charge >= 0.3 is 5.97 Å².